The minimum Gasteiger partial charge on any atom is -0.456 e. The Kier molecular flexibility index (Phi) is 5.46. The van der Waals surface area contributed by atoms with Gasteiger partial charge in [-0.25, -0.2) is 22.9 Å². The number of aromatic nitrogens is 1. The summed E-state index contributed by atoms with van der Waals surface area (Å²) in [6, 6.07) is 15.3. The summed E-state index contributed by atoms with van der Waals surface area (Å²) in [5, 5.41) is 2.70. The van der Waals surface area contributed by atoms with E-state index in [4.69, 9.17) is 4.74 Å². The van der Waals surface area contributed by atoms with Crippen LogP contribution < -0.4 is 4.72 Å². The first-order valence-electron chi connectivity index (χ1n) is 7.70. The monoisotopic (exact) mass is 388 g/mol. The molecule has 0 aliphatic carbocycles. The predicted molar refractivity (Wildman–Crippen MR) is 99.4 cm³/mol. The van der Waals surface area contributed by atoms with Crippen LogP contribution in [0.3, 0.4) is 0 Å². The molecule has 0 bridgehead atoms. The van der Waals surface area contributed by atoms with Gasteiger partial charge in [0, 0.05) is 10.9 Å². The molecule has 0 aliphatic heterocycles. The van der Waals surface area contributed by atoms with Crippen molar-refractivity contribution >= 4 is 27.3 Å². The highest BCUT2D eigenvalue weighted by Gasteiger charge is 2.14. The minimum absolute atomic E-state index is 0.0543. The van der Waals surface area contributed by atoms with E-state index in [0.717, 1.165) is 10.6 Å². The van der Waals surface area contributed by atoms with E-state index in [2.05, 4.69) is 9.71 Å². The van der Waals surface area contributed by atoms with E-state index >= 15 is 0 Å². The van der Waals surface area contributed by atoms with Crippen molar-refractivity contribution in [1.82, 2.24) is 9.71 Å². The molecule has 2 aromatic carbocycles. The Hall–Kier alpha value is -2.55. The van der Waals surface area contributed by atoms with Gasteiger partial charge >= 0.3 is 5.97 Å². The smallest absolute Gasteiger partial charge is 0.338 e. The van der Waals surface area contributed by atoms with Crippen LogP contribution in [0.25, 0.3) is 10.6 Å². The average molecular weight is 388 g/mol. The van der Waals surface area contributed by atoms with Gasteiger partial charge in [-0.1, -0.05) is 30.3 Å². The van der Waals surface area contributed by atoms with E-state index in [1.807, 2.05) is 35.7 Å². The maximum absolute atomic E-state index is 12.1. The Morgan fingerprint density at radius 3 is 2.46 bits per heavy atom. The van der Waals surface area contributed by atoms with Crippen molar-refractivity contribution in [2.75, 3.05) is 7.05 Å². The molecule has 1 N–H and O–H groups in total. The summed E-state index contributed by atoms with van der Waals surface area (Å²) in [7, 11) is -2.20. The first-order valence-corrected chi connectivity index (χ1v) is 10.1. The lowest BCUT2D eigenvalue weighted by atomic mass is 10.2. The number of sulfonamides is 1. The number of hydrogen-bond acceptors (Lipinski definition) is 6. The van der Waals surface area contributed by atoms with Gasteiger partial charge in [0.25, 0.3) is 0 Å². The largest absolute Gasteiger partial charge is 0.456 e. The van der Waals surface area contributed by atoms with Crippen LogP contribution in [0, 0.1) is 0 Å². The highest BCUT2D eigenvalue weighted by atomic mass is 32.2. The van der Waals surface area contributed by atoms with Gasteiger partial charge in [0.15, 0.2) is 0 Å². The van der Waals surface area contributed by atoms with Gasteiger partial charge in [0.05, 0.1) is 16.2 Å². The predicted octanol–water partition coefficient (Wildman–Crippen LogP) is 3.08. The first kappa shape index (κ1) is 18.2. The number of carbonyl (C=O) groups excluding carboxylic acids is 1. The second-order valence-electron chi connectivity index (χ2n) is 5.32. The second-order valence-corrected chi connectivity index (χ2v) is 8.06. The van der Waals surface area contributed by atoms with Crippen molar-refractivity contribution in [3.63, 3.8) is 0 Å². The molecular weight excluding hydrogens is 372 g/mol. The lowest BCUT2D eigenvalue weighted by Crippen LogP contribution is -2.18. The molecule has 0 spiro atoms. The molecule has 0 atom stereocenters. The molecule has 1 heterocycles. The van der Waals surface area contributed by atoms with Crippen LogP contribution in [0.2, 0.25) is 0 Å². The van der Waals surface area contributed by atoms with Crippen molar-refractivity contribution in [2.45, 2.75) is 11.5 Å². The number of benzene rings is 2. The number of nitrogens with zero attached hydrogens (tertiary/aromatic N) is 1. The molecule has 0 amide bonds. The topological polar surface area (TPSA) is 85.4 Å². The van der Waals surface area contributed by atoms with E-state index < -0.39 is 16.0 Å². The van der Waals surface area contributed by atoms with Crippen molar-refractivity contribution in [3.05, 3.63) is 71.2 Å². The van der Waals surface area contributed by atoms with Crippen LogP contribution in [0.4, 0.5) is 0 Å². The van der Waals surface area contributed by atoms with Crippen molar-refractivity contribution in [3.8, 4) is 10.6 Å². The highest BCUT2D eigenvalue weighted by Crippen LogP contribution is 2.23. The van der Waals surface area contributed by atoms with Gasteiger partial charge in [0.1, 0.15) is 11.6 Å². The zero-order chi connectivity index (χ0) is 18.6. The molecule has 134 valence electrons. The van der Waals surface area contributed by atoms with Crippen LogP contribution in [-0.2, 0) is 21.4 Å². The van der Waals surface area contributed by atoms with Crippen LogP contribution in [0.15, 0.2) is 64.9 Å². The molecule has 0 unspecified atom stereocenters. The van der Waals surface area contributed by atoms with Crippen molar-refractivity contribution < 1.29 is 17.9 Å². The zero-order valence-corrected chi connectivity index (χ0v) is 15.5. The molecule has 3 rings (SSSR count). The van der Waals surface area contributed by atoms with Crippen molar-refractivity contribution in [2.24, 2.45) is 0 Å². The number of carbonyl (C=O) groups is 1. The third-order valence-corrected chi connectivity index (χ3v) is 5.96. The van der Waals surface area contributed by atoms with Gasteiger partial charge in [-0.3, -0.25) is 0 Å². The van der Waals surface area contributed by atoms with E-state index in [9.17, 15) is 13.2 Å². The molecule has 0 aliphatic rings. The summed E-state index contributed by atoms with van der Waals surface area (Å²) >= 11 is 1.48. The molecule has 0 radical (unpaired) electrons. The Balaban J connectivity index is 1.63. The van der Waals surface area contributed by atoms with Gasteiger partial charge < -0.3 is 4.74 Å². The van der Waals surface area contributed by atoms with Gasteiger partial charge in [0.2, 0.25) is 10.0 Å². The fourth-order valence-corrected chi connectivity index (χ4v) is 3.74. The third kappa shape index (κ3) is 4.16. The van der Waals surface area contributed by atoms with Gasteiger partial charge in [-0.15, -0.1) is 11.3 Å². The molecule has 26 heavy (non-hydrogen) atoms. The number of rotatable bonds is 6. The molecule has 1 aromatic heterocycles. The van der Waals surface area contributed by atoms with E-state index in [1.165, 1.54) is 42.6 Å². The number of ether oxygens (including phenoxy) is 1. The molecule has 3 aromatic rings. The Labute approximate surface area is 155 Å². The van der Waals surface area contributed by atoms with Gasteiger partial charge in [-0.05, 0) is 31.3 Å². The Morgan fingerprint density at radius 2 is 1.81 bits per heavy atom. The third-order valence-electron chi connectivity index (χ3n) is 3.59. The Morgan fingerprint density at radius 1 is 1.12 bits per heavy atom. The normalized spacial score (nSPS) is 11.3. The highest BCUT2D eigenvalue weighted by molar-refractivity contribution is 7.89. The van der Waals surface area contributed by atoms with E-state index in [-0.39, 0.29) is 17.1 Å². The molecule has 0 fully saturated rings. The number of nitrogens with one attached hydrogen (secondary N) is 1. The van der Waals surface area contributed by atoms with Gasteiger partial charge in [-0.2, -0.15) is 0 Å². The van der Waals surface area contributed by atoms with E-state index in [1.54, 1.807) is 0 Å². The molecule has 0 saturated heterocycles. The number of hydrogen-bond donors (Lipinski definition) is 1. The maximum atomic E-state index is 12.1. The number of thiazole rings is 1. The summed E-state index contributed by atoms with van der Waals surface area (Å²) in [5.74, 6) is -0.535. The Bertz CT molecular complexity index is 997. The standard InChI is InChI=1S/C18H16N2O4S2/c1-19-26(22,23)16-9-7-14(8-10-16)18(21)24-11-15-12-25-17(20-15)13-5-3-2-4-6-13/h2-10,12,19H,11H2,1H3. The lowest BCUT2D eigenvalue weighted by Gasteiger charge is -2.05. The SMILES string of the molecule is CNS(=O)(=O)c1ccc(C(=O)OCc2csc(-c3ccccc3)n2)cc1. The second kappa shape index (κ2) is 7.77. The molecular formula is C18H16N2O4S2. The average Bonchev–Trinajstić information content (AvgIpc) is 3.16. The van der Waals surface area contributed by atoms with Crippen molar-refractivity contribution in [1.29, 1.82) is 0 Å². The summed E-state index contributed by atoms with van der Waals surface area (Å²) in [6.45, 7) is 0.0543. The summed E-state index contributed by atoms with van der Waals surface area (Å²) in [4.78, 5) is 16.7. The number of esters is 1. The zero-order valence-electron chi connectivity index (χ0n) is 13.9. The maximum Gasteiger partial charge on any atom is 0.338 e. The fraction of sp³-hybridized carbons (Fsp3) is 0.111. The fourth-order valence-electron chi connectivity index (χ4n) is 2.20. The molecule has 0 saturated carbocycles. The van der Waals surface area contributed by atoms with Crippen LogP contribution >= 0.6 is 11.3 Å². The summed E-state index contributed by atoms with van der Waals surface area (Å²) in [6.07, 6.45) is 0. The van der Waals surface area contributed by atoms with Crippen LogP contribution in [0.5, 0.6) is 0 Å². The summed E-state index contributed by atoms with van der Waals surface area (Å²) < 4.78 is 30.8. The minimum atomic E-state index is -3.53. The quantitative estimate of drug-likeness (QED) is 0.656. The molecule has 8 heteroatoms. The van der Waals surface area contributed by atoms with Crippen LogP contribution in [-0.4, -0.2) is 26.4 Å². The summed E-state index contributed by atoms with van der Waals surface area (Å²) in [5.41, 5.74) is 1.95. The van der Waals surface area contributed by atoms with E-state index in [0.29, 0.717) is 5.69 Å². The molecule has 6 nitrogen and oxygen atoms in total. The first-order chi connectivity index (χ1) is 12.5. The lowest BCUT2D eigenvalue weighted by molar-refractivity contribution is 0.0468. The van der Waals surface area contributed by atoms with Crippen LogP contribution in [0.1, 0.15) is 16.1 Å².